The standard InChI is InChI=1S/C14H22N6O/c1-10-8-13(20-14(19-10)17-9-18-20)16-6-7-21-12-4-2-11(15)3-5-12/h8-9,11-12,16H,2-7,15H2,1H3. The van der Waals surface area contributed by atoms with Crippen molar-refractivity contribution in [2.24, 2.45) is 5.73 Å². The number of rotatable bonds is 5. The summed E-state index contributed by atoms with van der Waals surface area (Å²) in [4.78, 5) is 8.42. The molecule has 1 saturated carbocycles. The number of nitrogens with zero attached hydrogens (tertiary/aromatic N) is 4. The number of aryl methyl sites for hydroxylation is 1. The third kappa shape index (κ3) is 3.48. The van der Waals surface area contributed by atoms with Gasteiger partial charge in [0.1, 0.15) is 12.1 Å². The lowest BCUT2D eigenvalue weighted by atomic mass is 9.94. The molecule has 0 aromatic carbocycles. The van der Waals surface area contributed by atoms with Gasteiger partial charge in [-0.15, -0.1) is 0 Å². The Hall–Kier alpha value is -1.73. The Morgan fingerprint density at radius 3 is 3.00 bits per heavy atom. The fraction of sp³-hybridized carbons (Fsp3) is 0.643. The number of anilines is 1. The van der Waals surface area contributed by atoms with Crippen molar-refractivity contribution in [3.05, 3.63) is 18.1 Å². The highest BCUT2D eigenvalue weighted by atomic mass is 16.5. The molecule has 0 unspecified atom stereocenters. The number of hydrogen-bond acceptors (Lipinski definition) is 6. The largest absolute Gasteiger partial charge is 0.376 e. The molecular weight excluding hydrogens is 268 g/mol. The Labute approximate surface area is 123 Å². The third-order valence-electron chi connectivity index (χ3n) is 3.86. The Kier molecular flexibility index (Phi) is 4.31. The minimum Gasteiger partial charge on any atom is -0.376 e. The maximum Gasteiger partial charge on any atom is 0.254 e. The molecule has 1 fully saturated rings. The summed E-state index contributed by atoms with van der Waals surface area (Å²) in [6, 6.07) is 2.32. The average Bonchev–Trinajstić information content (AvgIpc) is 2.93. The van der Waals surface area contributed by atoms with E-state index in [2.05, 4.69) is 20.4 Å². The monoisotopic (exact) mass is 290 g/mol. The second kappa shape index (κ2) is 6.36. The van der Waals surface area contributed by atoms with E-state index in [9.17, 15) is 0 Å². The molecule has 0 spiro atoms. The smallest absolute Gasteiger partial charge is 0.254 e. The van der Waals surface area contributed by atoms with Gasteiger partial charge in [0.25, 0.3) is 5.78 Å². The number of hydrogen-bond donors (Lipinski definition) is 2. The molecule has 0 radical (unpaired) electrons. The molecule has 0 amide bonds. The van der Waals surface area contributed by atoms with Crippen LogP contribution in [0.15, 0.2) is 12.4 Å². The summed E-state index contributed by atoms with van der Waals surface area (Å²) in [6.07, 6.45) is 6.15. The van der Waals surface area contributed by atoms with Crippen LogP contribution in [0.4, 0.5) is 5.82 Å². The van der Waals surface area contributed by atoms with Crippen molar-refractivity contribution in [1.29, 1.82) is 0 Å². The molecule has 7 nitrogen and oxygen atoms in total. The second-order valence-corrected chi connectivity index (χ2v) is 5.59. The summed E-state index contributed by atoms with van der Waals surface area (Å²) in [5.74, 6) is 1.50. The Balaban J connectivity index is 1.49. The first kappa shape index (κ1) is 14.2. The van der Waals surface area contributed by atoms with E-state index in [1.54, 1.807) is 4.52 Å². The molecule has 0 atom stereocenters. The fourth-order valence-electron chi connectivity index (χ4n) is 2.72. The predicted molar refractivity (Wildman–Crippen MR) is 80.2 cm³/mol. The molecule has 0 saturated heterocycles. The second-order valence-electron chi connectivity index (χ2n) is 5.59. The average molecular weight is 290 g/mol. The van der Waals surface area contributed by atoms with Crippen LogP contribution in [0, 0.1) is 6.92 Å². The van der Waals surface area contributed by atoms with E-state index in [1.165, 1.54) is 6.33 Å². The zero-order valence-corrected chi connectivity index (χ0v) is 12.3. The maximum absolute atomic E-state index is 5.90. The van der Waals surface area contributed by atoms with E-state index in [4.69, 9.17) is 10.5 Å². The van der Waals surface area contributed by atoms with Gasteiger partial charge in [0, 0.05) is 24.3 Å². The first-order valence-corrected chi connectivity index (χ1v) is 7.51. The van der Waals surface area contributed by atoms with Crippen LogP contribution >= 0.6 is 0 Å². The lowest BCUT2D eigenvalue weighted by Gasteiger charge is -2.26. The molecule has 3 rings (SSSR count). The number of nitrogens with one attached hydrogen (secondary N) is 1. The zero-order chi connectivity index (χ0) is 14.7. The van der Waals surface area contributed by atoms with Gasteiger partial charge >= 0.3 is 0 Å². The minimum atomic E-state index is 0.358. The summed E-state index contributed by atoms with van der Waals surface area (Å²) in [7, 11) is 0. The lowest BCUT2D eigenvalue weighted by Crippen LogP contribution is -2.31. The van der Waals surface area contributed by atoms with E-state index in [1.807, 2.05) is 13.0 Å². The predicted octanol–water partition coefficient (Wildman–Crippen LogP) is 1.13. The Morgan fingerprint density at radius 2 is 2.19 bits per heavy atom. The summed E-state index contributed by atoms with van der Waals surface area (Å²) in [6.45, 7) is 3.36. The molecule has 2 heterocycles. The van der Waals surface area contributed by atoms with Crippen LogP contribution in [0.25, 0.3) is 5.78 Å². The minimum absolute atomic E-state index is 0.358. The third-order valence-corrected chi connectivity index (χ3v) is 3.86. The molecule has 21 heavy (non-hydrogen) atoms. The molecule has 2 aromatic heterocycles. The summed E-state index contributed by atoms with van der Waals surface area (Å²) >= 11 is 0. The molecule has 3 N–H and O–H groups in total. The zero-order valence-electron chi connectivity index (χ0n) is 12.3. The molecule has 7 heteroatoms. The van der Waals surface area contributed by atoms with Gasteiger partial charge in [0.2, 0.25) is 0 Å². The number of ether oxygens (including phenoxy) is 1. The highest BCUT2D eigenvalue weighted by Gasteiger charge is 2.18. The molecular formula is C14H22N6O. The van der Waals surface area contributed by atoms with Gasteiger partial charge in [0.15, 0.2) is 0 Å². The van der Waals surface area contributed by atoms with Crippen LogP contribution in [0.1, 0.15) is 31.4 Å². The van der Waals surface area contributed by atoms with Gasteiger partial charge in [-0.25, -0.2) is 4.98 Å². The Morgan fingerprint density at radius 1 is 1.38 bits per heavy atom. The topological polar surface area (TPSA) is 90.4 Å². The highest BCUT2D eigenvalue weighted by Crippen LogP contribution is 2.19. The first-order chi connectivity index (χ1) is 10.2. The molecule has 2 aromatic rings. The molecule has 1 aliphatic rings. The number of nitrogens with two attached hydrogens (primary N) is 1. The SMILES string of the molecule is Cc1cc(NCCOC2CCC(N)CC2)n2ncnc2n1. The van der Waals surface area contributed by atoms with Crippen LogP contribution in [0.3, 0.4) is 0 Å². The lowest BCUT2D eigenvalue weighted by molar-refractivity contribution is 0.0313. The van der Waals surface area contributed by atoms with Crippen molar-refractivity contribution < 1.29 is 4.74 Å². The maximum atomic E-state index is 5.90. The molecule has 114 valence electrons. The quantitative estimate of drug-likeness (QED) is 0.802. The van der Waals surface area contributed by atoms with Crippen LogP contribution in [0.2, 0.25) is 0 Å². The van der Waals surface area contributed by atoms with Gasteiger partial charge in [-0.3, -0.25) is 0 Å². The normalized spacial score (nSPS) is 22.6. The van der Waals surface area contributed by atoms with Crippen molar-refractivity contribution in [2.75, 3.05) is 18.5 Å². The van der Waals surface area contributed by atoms with Crippen LogP contribution in [0.5, 0.6) is 0 Å². The van der Waals surface area contributed by atoms with Crippen LogP contribution in [-0.2, 0) is 4.74 Å². The first-order valence-electron chi connectivity index (χ1n) is 7.51. The summed E-state index contributed by atoms with van der Waals surface area (Å²) < 4.78 is 7.60. The van der Waals surface area contributed by atoms with E-state index in [0.29, 0.717) is 24.5 Å². The molecule has 0 aliphatic heterocycles. The van der Waals surface area contributed by atoms with Gasteiger partial charge in [-0.05, 0) is 32.6 Å². The van der Waals surface area contributed by atoms with Gasteiger partial charge in [0.05, 0.1) is 12.7 Å². The van der Waals surface area contributed by atoms with Crippen molar-refractivity contribution in [1.82, 2.24) is 19.6 Å². The van der Waals surface area contributed by atoms with E-state index < -0.39 is 0 Å². The van der Waals surface area contributed by atoms with Gasteiger partial charge in [-0.2, -0.15) is 14.6 Å². The van der Waals surface area contributed by atoms with Crippen molar-refractivity contribution in [3.8, 4) is 0 Å². The van der Waals surface area contributed by atoms with Crippen molar-refractivity contribution in [3.63, 3.8) is 0 Å². The van der Waals surface area contributed by atoms with Crippen LogP contribution < -0.4 is 11.1 Å². The van der Waals surface area contributed by atoms with Gasteiger partial charge < -0.3 is 15.8 Å². The summed E-state index contributed by atoms with van der Waals surface area (Å²) in [5.41, 5.74) is 6.81. The number of fused-ring (bicyclic) bond motifs is 1. The van der Waals surface area contributed by atoms with E-state index in [0.717, 1.165) is 43.7 Å². The number of aromatic nitrogens is 4. The van der Waals surface area contributed by atoms with E-state index in [-0.39, 0.29) is 0 Å². The highest BCUT2D eigenvalue weighted by molar-refractivity contribution is 5.44. The molecule has 0 bridgehead atoms. The fourth-order valence-corrected chi connectivity index (χ4v) is 2.72. The molecule has 1 aliphatic carbocycles. The Bertz CT molecular complexity index is 590. The van der Waals surface area contributed by atoms with Crippen molar-refractivity contribution in [2.45, 2.75) is 44.8 Å². The van der Waals surface area contributed by atoms with Crippen molar-refractivity contribution >= 4 is 11.6 Å². The van der Waals surface area contributed by atoms with E-state index >= 15 is 0 Å². The van der Waals surface area contributed by atoms with Crippen LogP contribution in [-0.4, -0.2) is 44.9 Å². The van der Waals surface area contributed by atoms with Gasteiger partial charge in [-0.1, -0.05) is 0 Å². The summed E-state index contributed by atoms with van der Waals surface area (Å²) in [5, 5.41) is 7.50.